The normalized spacial score (nSPS) is 28.1. The molecule has 120 valence electrons. The van der Waals surface area contributed by atoms with Gasteiger partial charge >= 0.3 is 0 Å². The van der Waals surface area contributed by atoms with Gasteiger partial charge in [0.05, 0.1) is 43.0 Å². The van der Waals surface area contributed by atoms with Crippen molar-refractivity contribution in [2.24, 2.45) is 17.1 Å². The van der Waals surface area contributed by atoms with Gasteiger partial charge in [-0.1, -0.05) is 6.07 Å². The molecule has 0 fully saturated rings. The van der Waals surface area contributed by atoms with Gasteiger partial charge in [-0.15, -0.1) is 11.3 Å². The Hall–Kier alpha value is -2.59. The Balaban J connectivity index is 2.29. The third kappa shape index (κ3) is 2.14. The molecule has 0 amide bonds. The van der Waals surface area contributed by atoms with Gasteiger partial charge in [0, 0.05) is 16.7 Å². The molecule has 0 radical (unpaired) electrons. The molecular formula is C18H18N5S+. The minimum atomic E-state index is -1.49. The van der Waals surface area contributed by atoms with E-state index in [9.17, 15) is 15.8 Å². The monoisotopic (exact) mass is 336 g/mol. The van der Waals surface area contributed by atoms with Crippen molar-refractivity contribution < 1.29 is 4.90 Å². The molecule has 6 heteroatoms. The molecule has 5 nitrogen and oxygen atoms in total. The van der Waals surface area contributed by atoms with Gasteiger partial charge in [0.1, 0.15) is 6.07 Å². The molecule has 1 aromatic rings. The Bertz CT molecular complexity index is 814. The number of fused-ring (bicyclic) bond motifs is 1. The average molecular weight is 336 g/mol. The number of quaternary nitrogens is 1. The molecule has 0 saturated carbocycles. The van der Waals surface area contributed by atoms with Gasteiger partial charge in [0.25, 0.3) is 0 Å². The van der Waals surface area contributed by atoms with E-state index in [0.717, 1.165) is 30.1 Å². The molecule has 24 heavy (non-hydrogen) atoms. The second kappa shape index (κ2) is 6.13. The predicted octanol–water partition coefficient (Wildman–Crippen LogP) is 1.08. The maximum atomic E-state index is 9.89. The number of hydrogen-bond acceptors (Lipinski definition) is 5. The minimum Gasteiger partial charge on any atom is -0.399 e. The van der Waals surface area contributed by atoms with Gasteiger partial charge in [0.2, 0.25) is 0 Å². The minimum absolute atomic E-state index is 0.0476. The number of nitriles is 3. The zero-order valence-corrected chi connectivity index (χ0v) is 14.2. The fraction of sp³-hybridized carbons (Fsp3) is 0.389. The summed E-state index contributed by atoms with van der Waals surface area (Å²) in [5.41, 5.74) is 6.08. The third-order valence-electron chi connectivity index (χ3n) is 5.18. The van der Waals surface area contributed by atoms with Crippen molar-refractivity contribution in [3.05, 3.63) is 45.3 Å². The van der Waals surface area contributed by atoms with Gasteiger partial charge < -0.3 is 10.6 Å². The molecule has 0 bridgehead atoms. The SMILES string of the molecule is CC[NH+]1CC=C2C(C#N)=C(N)C(C#N)(C#N)C(c3cccs3)C2C1. The number of nitrogens with two attached hydrogens (primary N) is 1. The van der Waals surface area contributed by atoms with Crippen molar-refractivity contribution in [2.75, 3.05) is 19.6 Å². The van der Waals surface area contributed by atoms with E-state index in [1.807, 2.05) is 17.5 Å². The molecule has 2 heterocycles. The number of likely N-dealkylation sites (N-methyl/N-ethyl adjacent to an activating group) is 1. The summed E-state index contributed by atoms with van der Waals surface area (Å²) in [6, 6.07) is 10.4. The van der Waals surface area contributed by atoms with Crippen molar-refractivity contribution >= 4 is 11.3 Å². The van der Waals surface area contributed by atoms with Gasteiger partial charge in [-0.05, 0) is 30.0 Å². The van der Waals surface area contributed by atoms with Crippen LogP contribution in [0.15, 0.2) is 40.4 Å². The van der Waals surface area contributed by atoms with Crippen molar-refractivity contribution in [3.8, 4) is 18.2 Å². The Morgan fingerprint density at radius 2 is 2.12 bits per heavy atom. The molecule has 1 aliphatic heterocycles. The summed E-state index contributed by atoms with van der Waals surface area (Å²) in [5, 5.41) is 31.3. The van der Waals surface area contributed by atoms with E-state index in [2.05, 4.69) is 31.2 Å². The van der Waals surface area contributed by atoms with Gasteiger partial charge in [-0.3, -0.25) is 0 Å². The number of nitrogens with zero attached hydrogens (tertiary/aromatic N) is 3. The van der Waals surface area contributed by atoms with Crippen molar-refractivity contribution in [2.45, 2.75) is 12.8 Å². The molecule has 1 aliphatic carbocycles. The topological polar surface area (TPSA) is 102 Å². The van der Waals surface area contributed by atoms with Crippen molar-refractivity contribution in [3.63, 3.8) is 0 Å². The lowest BCUT2D eigenvalue weighted by Gasteiger charge is -2.43. The summed E-state index contributed by atoms with van der Waals surface area (Å²) in [6.07, 6.45) is 2.07. The van der Waals surface area contributed by atoms with E-state index in [0.29, 0.717) is 5.57 Å². The predicted molar refractivity (Wildman–Crippen MR) is 90.4 cm³/mol. The summed E-state index contributed by atoms with van der Waals surface area (Å²) >= 11 is 1.54. The molecule has 0 aromatic carbocycles. The first-order valence-electron chi connectivity index (χ1n) is 7.93. The third-order valence-corrected chi connectivity index (χ3v) is 6.14. The molecule has 3 rings (SSSR count). The van der Waals surface area contributed by atoms with Gasteiger partial charge in [0.15, 0.2) is 5.41 Å². The van der Waals surface area contributed by atoms with Crippen molar-refractivity contribution in [1.29, 1.82) is 15.8 Å². The molecular weight excluding hydrogens is 318 g/mol. The Morgan fingerprint density at radius 3 is 2.67 bits per heavy atom. The summed E-state index contributed by atoms with van der Waals surface area (Å²) in [4.78, 5) is 2.36. The van der Waals surface area contributed by atoms with E-state index < -0.39 is 5.41 Å². The smallest absolute Gasteiger partial charge is 0.192 e. The van der Waals surface area contributed by atoms with Crippen LogP contribution in [0.2, 0.25) is 0 Å². The second-order valence-electron chi connectivity index (χ2n) is 6.20. The molecule has 1 aromatic heterocycles. The van der Waals surface area contributed by atoms with E-state index >= 15 is 0 Å². The summed E-state index contributed by atoms with van der Waals surface area (Å²) < 4.78 is 0. The molecule has 3 unspecified atom stereocenters. The zero-order chi connectivity index (χ0) is 17.3. The second-order valence-corrected chi connectivity index (χ2v) is 7.18. The zero-order valence-electron chi connectivity index (χ0n) is 13.4. The first-order chi connectivity index (χ1) is 11.6. The number of rotatable bonds is 2. The molecule has 2 aliphatic rings. The maximum absolute atomic E-state index is 9.89. The largest absolute Gasteiger partial charge is 0.399 e. The van der Waals surface area contributed by atoms with Crippen LogP contribution in [0.3, 0.4) is 0 Å². The highest BCUT2D eigenvalue weighted by atomic mass is 32.1. The number of hydrogen-bond donors (Lipinski definition) is 2. The summed E-state index contributed by atoms with van der Waals surface area (Å²) in [6.45, 7) is 4.72. The van der Waals surface area contributed by atoms with Crippen LogP contribution in [0.25, 0.3) is 0 Å². The van der Waals surface area contributed by atoms with Crippen LogP contribution >= 0.6 is 11.3 Å². The van der Waals surface area contributed by atoms with E-state index in [-0.39, 0.29) is 17.5 Å². The Labute approximate surface area is 145 Å². The standard InChI is InChI=1S/C18H17N5S/c1-2-23-6-5-12-13(8-19)17(22)18(10-20,11-21)16(14(12)9-23)15-4-3-7-24-15/h3-5,7,14,16H,2,6,9,22H2,1H3/p+1. The molecule has 0 spiro atoms. The van der Waals surface area contributed by atoms with Crippen molar-refractivity contribution in [1.82, 2.24) is 0 Å². The van der Waals surface area contributed by atoms with E-state index in [4.69, 9.17) is 5.73 Å². The Kier molecular flexibility index (Phi) is 4.16. The lowest BCUT2D eigenvalue weighted by atomic mass is 9.59. The van der Waals surface area contributed by atoms with E-state index in [1.54, 1.807) is 0 Å². The van der Waals surface area contributed by atoms with Crippen LogP contribution in [-0.4, -0.2) is 19.6 Å². The quantitative estimate of drug-likeness (QED) is 0.843. The summed E-state index contributed by atoms with van der Waals surface area (Å²) in [7, 11) is 0. The molecule has 3 atom stereocenters. The molecule has 3 N–H and O–H groups in total. The van der Waals surface area contributed by atoms with Crippen LogP contribution < -0.4 is 10.6 Å². The molecule has 0 saturated heterocycles. The first-order valence-corrected chi connectivity index (χ1v) is 8.81. The van der Waals surface area contributed by atoms with Gasteiger partial charge in [-0.2, -0.15) is 15.8 Å². The van der Waals surface area contributed by atoms with Crippen LogP contribution in [0.1, 0.15) is 17.7 Å². The number of allylic oxidation sites excluding steroid dienone is 2. The Morgan fingerprint density at radius 1 is 1.38 bits per heavy atom. The lowest BCUT2D eigenvalue weighted by molar-refractivity contribution is -0.897. The van der Waals surface area contributed by atoms with Gasteiger partial charge in [-0.25, -0.2) is 0 Å². The highest BCUT2D eigenvalue weighted by molar-refractivity contribution is 7.10. The summed E-state index contributed by atoms with van der Waals surface area (Å²) in [5.74, 6) is -0.383. The number of nitrogens with one attached hydrogen (secondary N) is 1. The first kappa shape index (κ1) is 16.3. The van der Waals surface area contributed by atoms with Crippen LogP contribution in [0.5, 0.6) is 0 Å². The average Bonchev–Trinajstić information content (AvgIpc) is 3.14. The van der Waals surface area contributed by atoms with Crippen LogP contribution in [-0.2, 0) is 0 Å². The van der Waals surface area contributed by atoms with Crippen LogP contribution in [0, 0.1) is 45.3 Å². The highest BCUT2D eigenvalue weighted by Gasteiger charge is 2.55. The fourth-order valence-corrected chi connectivity index (χ4v) is 4.85. The maximum Gasteiger partial charge on any atom is 0.192 e. The number of thiophene rings is 1. The lowest BCUT2D eigenvalue weighted by Crippen LogP contribution is -3.13. The van der Waals surface area contributed by atoms with E-state index in [1.165, 1.54) is 16.2 Å². The fourth-order valence-electron chi connectivity index (χ4n) is 3.89. The highest BCUT2D eigenvalue weighted by Crippen LogP contribution is 2.53. The van der Waals surface area contributed by atoms with Crippen LogP contribution in [0.4, 0.5) is 0 Å².